The Kier molecular flexibility index (Phi) is 7.32. The first-order chi connectivity index (χ1) is 19.3. The molecule has 1 aromatic carbocycles. The molecule has 5 rings (SSSR count). The van der Waals surface area contributed by atoms with Crippen LogP contribution in [0.3, 0.4) is 0 Å². The van der Waals surface area contributed by atoms with Gasteiger partial charge in [0.2, 0.25) is 5.95 Å². The highest BCUT2D eigenvalue weighted by atomic mass is 19.4. The van der Waals surface area contributed by atoms with Crippen LogP contribution in [0.4, 0.5) is 29.7 Å². The number of alkyl halides is 3. The average molecular weight is 569 g/mol. The number of piperazine rings is 1. The number of aromatic nitrogens is 5. The summed E-state index contributed by atoms with van der Waals surface area (Å²) in [6.45, 7) is 9.93. The van der Waals surface area contributed by atoms with E-state index >= 15 is 0 Å². The number of carboxylic acid groups (broad SMARTS) is 1. The number of hydrogen-bond donors (Lipinski definition) is 3. The predicted molar refractivity (Wildman–Crippen MR) is 148 cm³/mol. The van der Waals surface area contributed by atoms with Crippen LogP contribution in [0.15, 0.2) is 48.9 Å². The number of nitrogens with one attached hydrogen (secondary N) is 2. The maximum atomic E-state index is 13.1. The minimum atomic E-state index is -4.56. The van der Waals surface area contributed by atoms with Gasteiger partial charge in [-0.05, 0) is 48.2 Å². The lowest BCUT2D eigenvalue weighted by molar-refractivity contribution is -0.141. The third-order valence-electron chi connectivity index (χ3n) is 7.45. The van der Waals surface area contributed by atoms with Crippen LogP contribution in [0.5, 0.6) is 0 Å². The van der Waals surface area contributed by atoms with Crippen molar-refractivity contribution >= 4 is 28.9 Å². The van der Waals surface area contributed by atoms with Gasteiger partial charge in [-0.25, -0.2) is 24.7 Å². The summed E-state index contributed by atoms with van der Waals surface area (Å²) >= 11 is 0. The number of aromatic amines is 1. The molecule has 2 atom stereocenters. The maximum absolute atomic E-state index is 13.1. The van der Waals surface area contributed by atoms with Crippen molar-refractivity contribution in [1.82, 2.24) is 34.7 Å². The smallest absolute Gasteiger partial charge is 0.433 e. The van der Waals surface area contributed by atoms with Crippen molar-refractivity contribution in [2.75, 3.05) is 25.0 Å². The maximum Gasteiger partial charge on any atom is 0.433 e. The second-order valence-electron chi connectivity index (χ2n) is 11.2. The Hall–Kier alpha value is -4.26. The number of anilines is 2. The first-order valence-corrected chi connectivity index (χ1v) is 13.2. The second kappa shape index (κ2) is 10.6. The molecule has 3 aromatic heterocycles. The molecule has 1 aliphatic heterocycles. The van der Waals surface area contributed by atoms with Crippen LogP contribution in [-0.4, -0.2) is 71.6 Å². The second-order valence-corrected chi connectivity index (χ2v) is 11.2. The number of fused-ring (bicyclic) bond motifs is 1. The van der Waals surface area contributed by atoms with Crippen molar-refractivity contribution in [3.63, 3.8) is 0 Å². The highest BCUT2D eigenvalue weighted by molar-refractivity contribution is 5.83. The van der Waals surface area contributed by atoms with Gasteiger partial charge in [-0.1, -0.05) is 26.8 Å². The van der Waals surface area contributed by atoms with Crippen LogP contribution in [-0.2, 0) is 6.18 Å². The Morgan fingerprint density at radius 2 is 1.88 bits per heavy atom. The van der Waals surface area contributed by atoms with Crippen molar-refractivity contribution in [1.29, 1.82) is 0 Å². The van der Waals surface area contributed by atoms with Gasteiger partial charge in [-0.2, -0.15) is 13.2 Å². The SMILES string of the molecule is CC(c1ccnc(Nc2nc3ccc(-c4cc(C(F)(F)F)ncn4)cc3[nH]2)c1)N1CCN(C(=O)O)C(C(C)(C)C)C1. The Morgan fingerprint density at radius 3 is 2.59 bits per heavy atom. The highest BCUT2D eigenvalue weighted by Gasteiger charge is 2.39. The summed E-state index contributed by atoms with van der Waals surface area (Å²) in [5.74, 6) is 0.992. The van der Waals surface area contributed by atoms with Crippen molar-refractivity contribution in [3.8, 4) is 11.3 Å². The van der Waals surface area contributed by atoms with Gasteiger partial charge < -0.3 is 20.3 Å². The van der Waals surface area contributed by atoms with Crippen LogP contribution in [0.1, 0.15) is 45.0 Å². The van der Waals surface area contributed by atoms with E-state index in [0.717, 1.165) is 18.0 Å². The Bertz CT molecular complexity index is 1570. The number of H-pyrrole nitrogens is 1. The van der Waals surface area contributed by atoms with E-state index in [2.05, 4.69) is 62.8 Å². The molecule has 0 radical (unpaired) electrons. The number of halogens is 3. The summed E-state index contributed by atoms with van der Waals surface area (Å²) in [6.07, 6.45) is -2.85. The van der Waals surface area contributed by atoms with Crippen molar-refractivity contribution in [2.24, 2.45) is 5.41 Å². The molecular weight excluding hydrogens is 537 g/mol. The topological polar surface area (TPSA) is 123 Å². The number of amides is 1. The van der Waals surface area contributed by atoms with E-state index in [4.69, 9.17) is 0 Å². The molecule has 216 valence electrons. The molecular formula is C28H31F3N8O2. The summed E-state index contributed by atoms with van der Waals surface area (Å²) in [5.41, 5.74) is 1.68. The summed E-state index contributed by atoms with van der Waals surface area (Å²) in [4.78, 5) is 35.1. The van der Waals surface area contributed by atoms with Gasteiger partial charge in [0, 0.05) is 37.4 Å². The van der Waals surface area contributed by atoms with E-state index in [1.807, 2.05) is 12.1 Å². The van der Waals surface area contributed by atoms with Crippen LogP contribution in [0.25, 0.3) is 22.3 Å². The fraction of sp³-hybridized carbons (Fsp3) is 0.393. The van der Waals surface area contributed by atoms with Gasteiger partial charge in [0.15, 0.2) is 0 Å². The molecule has 1 fully saturated rings. The van der Waals surface area contributed by atoms with E-state index in [1.54, 1.807) is 24.4 Å². The molecule has 3 N–H and O–H groups in total. The molecule has 0 bridgehead atoms. The minimum Gasteiger partial charge on any atom is -0.465 e. The zero-order valence-corrected chi connectivity index (χ0v) is 23.1. The molecule has 1 aliphatic rings. The Morgan fingerprint density at radius 1 is 1.10 bits per heavy atom. The highest BCUT2D eigenvalue weighted by Crippen LogP contribution is 2.33. The van der Waals surface area contributed by atoms with Crippen LogP contribution in [0, 0.1) is 5.41 Å². The van der Waals surface area contributed by atoms with Crippen LogP contribution < -0.4 is 5.32 Å². The van der Waals surface area contributed by atoms with Gasteiger partial charge in [0.05, 0.1) is 22.8 Å². The Balaban J connectivity index is 1.33. The molecule has 1 amide bonds. The zero-order chi connectivity index (χ0) is 29.5. The number of hydrogen-bond acceptors (Lipinski definition) is 7. The lowest BCUT2D eigenvalue weighted by Gasteiger charge is -2.47. The largest absolute Gasteiger partial charge is 0.465 e. The van der Waals surface area contributed by atoms with Gasteiger partial charge in [0.25, 0.3) is 0 Å². The van der Waals surface area contributed by atoms with Crippen LogP contribution >= 0.6 is 0 Å². The number of carbonyl (C=O) groups is 1. The lowest BCUT2D eigenvalue weighted by Crippen LogP contribution is -2.59. The quantitative estimate of drug-likeness (QED) is 0.270. The fourth-order valence-corrected chi connectivity index (χ4v) is 5.13. The fourth-order valence-electron chi connectivity index (χ4n) is 5.13. The molecule has 41 heavy (non-hydrogen) atoms. The average Bonchev–Trinajstić information content (AvgIpc) is 3.33. The van der Waals surface area contributed by atoms with Crippen molar-refractivity contribution in [3.05, 3.63) is 60.2 Å². The van der Waals surface area contributed by atoms with Gasteiger partial charge >= 0.3 is 12.3 Å². The molecule has 1 saturated heterocycles. The summed E-state index contributed by atoms with van der Waals surface area (Å²) in [5, 5.41) is 12.9. The third kappa shape index (κ3) is 6.09. The predicted octanol–water partition coefficient (Wildman–Crippen LogP) is 5.95. The molecule has 0 aliphatic carbocycles. The van der Waals surface area contributed by atoms with E-state index in [-0.39, 0.29) is 23.2 Å². The number of nitrogens with zero attached hydrogens (tertiary/aromatic N) is 6. The summed E-state index contributed by atoms with van der Waals surface area (Å²) < 4.78 is 39.3. The van der Waals surface area contributed by atoms with E-state index in [0.29, 0.717) is 48.0 Å². The molecule has 2 unspecified atom stereocenters. The molecule has 0 saturated carbocycles. The van der Waals surface area contributed by atoms with E-state index in [9.17, 15) is 23.1 Å². The van der Waals surface area contributed by atoms with Crippen molar-refractivity contribution in [2.45, 2.75) is 46.0 Å². The van der Waals surface area contributed by atoms with E-state index in [1.165, 1.54) is 4.90 Å². The molecule has 0 spiro atoms. The molecule has 10 nitrogen and oxygen atoms in total. The van der Waals surface area contributed by atoms with Gasteiger partial charge in [-0.15, -0.1) is 0 Å². The molecule has 13 heteroatoms. The van der Waals surface area contributed by atoms with Gasteiger partial charge in [0.1, 0.15) is 17.8 Å². The monoisotopic (exact) mass is 568 g/mol. The number of benzene rings is 1. The lowest BCUT2D eigenvalue weighted by atomic mass is 9.84. The van der Waals surface area contributed by atoms with Crippen LogP contribution in [0.2, 0.25) is 0 Å². The molecule has 4 aromatic rings. The minimum absolute atomic E-state index is 0.0204. The number of pyridine rings is 1. The van der Waals surface area contributed by atoms with Gasteiger partial charge in [-0.3, -0.25) is 4.90 Å². The standard InChI is InChI=1S/C28H31F3N8O2/c1-16(38-9-10-39(26(40)41)23(14-38)27(2,3)4)17-7-8-32-24(12-17)37-25-35-19-6-5-18(11-21(19)36-25)20-13-22(28(29,30)31)34-15-33-20/h5-8,11-13,15-16,23H,9-10,14H2,1-4H3,(H,40,41)(H2,32,35,36,37). The normalized spacial score (nSPS) is 17.5. The van der Waals surface area contributed by atoms with E-state index < -0.39 is 18.0 Å². The van der Waals surface area contributed by atoms with Crippen molar-refractivity contribution < 1.29 is 23.1 Å². The zero-order valence-electron chi connectivity index (χ0n) is 23.1. The number of imidazole rings is 1. The first kappa shape index (κ1) is 28.3. The number of rotatable bonds is 5. The third-order valence-corrected chi connectivity index (χ3v) is 7.45. The Labute approximate surface area is 234 Å². The summed E-state index contributed by atoms with van der Waals surface area (Å²) in [6, 6.07) is 9.71. The first-order valence-electron chi connectivity index (χ1n) is 13.2. The summed E-state index contributed by atoms with van der Waals surface area (Å²) in [7, 11) is 0. The molecule has 4 heterocycles.